The number of nitrogens with two attached hydrogens (primary N) is 1. The third-order valence-electron chi connectivity index (χ3n) is 6.33. The molecule has 0 radical (unpaired) electrons. The van der Waals surface area contributed by atoms with Gasteiger partial charge in [0.05, 0.1) is 11.3 Å². The maximum absolute atomic E-state index is 12.2. The average molecular weight is 612 g/mol. The molecule has 0 saturated heterocycles. The molecule has 0 atom stereocenters. The topological polar surface area (TPSA) is 108 Å². The summed E-state index contributed by atoms with van der Waals surface area (Å²) < 4.78 is 10.5. The molecule has 1 saturated carbocycles. The predicted octanol–water partition coefficient (Wildman–Crippen LogP) is 6.73. The Morgan fingerprint density at radius 2 is 1.40 bits per heavy atom. The third-order valence-corrected chi connectivity index (χ3v) is 6.99. The molecular formula is C32H39BrN2O5. The van der Waals surface area contributed by atoms with E-state index in [1.807, 2.05) is 60.7 Å². The maximum atomic E-state index is 12.2. The minimum atomic E-state index is -0.466. The van der Waals surface area contributed by atoms with E-state index < -0.39 is 11.9 Å². The van der Waals surface area contributed by atoms with Crippen molar-refractivity contribution in [1.29, 1.82) is 0 Å². The number of ether oxygens (including phenoxy) is 2. The number of esters is 2. The van der Waals surface area contributed by atoms with Crippen molar-refractivity contribution in [2.24, 2.45) is 0 Å². The Kier molecular flexibility index (Phi) is 14.1. The molecule has 1 fully saturated rings. The lowest BCUT2D eigenvalue weighted by Crippen LogP contribution is -2.30. The highest BCUT2D eigenvalue weighted by Gasteiger charge is 2.16. The number of carbonyl (C=O) groups excluding carboxylic acids is 3. The Hall–Kier alpha value is -3.49. The Bertz CT molecular complexity index is 1190. The fourth-order valence-corrected chi connectivity index (χ4v) is 4.75. The van der Waals surface area contributed by atoms with Crippen molar-refractivity contribution < 1.29 is 23.9 Å². The van der Waals surface area contributed by atoms with E-state index >= 15 is 0 Å². The molecule has 214 valence electrons. The van der Waals surface area contributed by atoms with Crippen LogP contribution in [0, 0.1) is 0 Å². The van der Waals surface area contributed by atoms with Crippen LogP contribution in [0.1, 0.15) is 78.3 Å². The summed E-state index contributed by atoms with van der Waals surface area (Å²) in [6.45, 7) is 2.00. The molecule has 1 aliphatic carbocycles. The molecular weight excluding hydrogens is 572 g/mol. The molecule has 7 nitrogen and oxygen atoms in total. The van der Waals surface area contributed by atoms with Crippen molar-refractivity contribution in [2.75, 3.05) is 18.9 Å². The molecule has 0 aliphatic heterocycles. The minimum absolute atomic E-state index is 0. The summed E-state index contributed by atoms with van der Waals surface area (Å²) in [4.78, 5) is 34.7. The van der Waals surface area contributed by atoms with E-state index in [2.05, 4.69) is 21.2 Å². The highest BCUT2D eigenvalue weighted by molar-refractivity contribution is 9.10. The molecule has 0 unspecified atom stereocenters. The zero-order valence-corrected chi connectivity index (χ0v) is 23.7. The summed E-state index contributed by atoms with van der Waals surface area (Å²) in [6.07, 6.45) is 6.18. The molecule has 0 heterocycles. The summed E-state index contributed by atoms with van der Waals surface area (Å²) in [5, 5.41) is 3.53. The van der Waals surface area contributed by atoms with Gasteiger partial charge in [0.25, 0.3) is 0 Å². The van der Waals surface area contributed by atoms with Gasteiger partial charge >= 0.3 is 11.9 Å². The van der Waals surface area contributed by atoms with E-state index in [1.165, 1.54) is 39.0 Å². The van der Waals surface area contributed by atoms with Gasteiger partial charge in [-0.15, -0.1) is 0 Å². The van der Waals surface area contributed by atoms with E-state index in [4.69, 9.17) is 15.2 Å². The SMILES string of the molecule is C.CC(=O)OCCOC(=O)c1cc(Br)c(N)c(CNC2CCCCC2)c1.O=C(c1ccccc1)c1ccccc1. The van der Waals surface area contributed by atoms with Crippen LogP contribution >= 0.6 is 15.9 Å². The quantitative estimate of drug-likeness (QED) is 0.120. The number of nitrogens with one attached hydrogen (secondary N) is 1. The summed E-state index contributed by atoms with van der Waals surface area (Å²) in [5.74, 6) is -0.791. The van der Waals surface area contributed by atoms with E-state index in [0.29, 0.717) is 28.3 Å². The van der Waals surface area contributed by atoms with E-state index in [9.17, 15) is 14.4 Å². The van der Waals surface area contributed by atoms with E-state index in [1.54, 1.807) is 12.1 Å². The van der Waals surface area contributed by atoms with Gasteiger partial charge in [-0.05, 0) is 46.5 Å². The number of hydrogen-bond donors (Lipinski definition) is 2. The first-order valence-corrected chi connectivity index (χ1v) is 13.9. The van der Waals surface area contributed by atoms with Gasteiger partial charge in [-0.3, -0.25) is 9.59 Å². The lowest BCUT2D eigenvalue weighted by Gasteiger charge is -2.23. The number of benzene rings is 3. The summed E-state index contributed by atoms with van der Waals surface area (Å²) in [6, 6.07) is 22.5. The Labute approximate surface area is 245 Å². The first-order chi connectivity index (χ1) is 18.8. The monoisotopic (exact) mass is 610 g/mol. The van der Waals surface area contributed by atoms with Crippen LogP contribution in [0.25, 0.3) is 0 Å². The van der Waals surface area contributed by atoms with Crippen LogP contribution in [0.15, 0.2) is 77.3 Å². The molecule has 0 bridgehead atoms. The summed E-state index contributed by atoms with van der Waals surface area (Å²) >= 11 is 3.40. The van der Waals surface area contributed by atoms with Gasteiger partial charge < -0.3 is 20.5 Å². The zero-order valence-electron chi connectivity index (χ0n) is 22.2. The second-order valence-electron chi connectivity index (χ2n) is 9.28. The van der Waals surface area contributed by atoms with Gasteiger partial charge in [0.15, 0.2) is 5.78 Å². The first kappa shape index (κ1) is 32.7. The maximum Gasteiger partial charge on any atom is 0.338 e. The normalized spacial score (nSPS) is 12.8. The second kappa shape index (κ2) is 17.3. The van der Waals surface area contributed by atoms with Crippen LogP contribution in [0.5, 0.6) is 0 Å². The predicted molar refractivity (Wildman–Crippen MR) is 162 cm³/mol. The number of rotatable bonds is 9. The largest absolute Gasteiger partial charge is 0.462 e. The molecule has 0 aromatic heterocycles. The third kappa shape index (κ3) is 10.6. The highest BCUT2D eigenvalue weighted by atomic mass is 79.9. The Morgan fingerprint density at radius 1 is 0.850 bits per heavy atom. The van der Waals surface area contributed by atoms with Crippen LogP contribution in [-0.4, -0.2) is 37.0 Å². The van der Waals surface area contributed by atoms with Crippen LogP contribution < -0.4 is 11.1 Å². The van der Waals surface area contributed by atoms with Crippen LogP contribution in [0.2, 0.25) is 0 Å². The lowest BCUT2D eigenvalue weighted by molar-refractivity contribution is -0.142. The van der Waals surface area contributed by atoms with Crippen LogP contribution in [0.4, 0.5) is 5.69 Å². The molecule has 4 rings (SSSR count). The van der Waals surface area contributed by atoms with Crippen molar-refractivity contribution in [1.82, 2.24) is 5.32 Å². The van der Waals surface area contributed by atoms with E-state index in [-0.39, 0.29) is 26.4 Å². The summed E-state index contributed by atoms with van der Waals surface area (Å²) in [7, 11) is 0. The van der Waals surface area contributed by atoms with Crippen molar-refractivity contribution in [3.63, 3.8) is 0 Å². The van der Waals surface area contributed by atoms with Crippen LogP contribution in [-0.2, 0) is 20.8 Å². The van der Waals surface area contributed by atoms with Gasteiger partial charge in [-0.25, -0.2) is 4.79 Å². The number of nitrogen functional groups attached to an aromatic ring is 1. The molecule has 1 aliphatic rings. The number of carbonyl (C=O) groups is 3. The van der Waals surface area contributed by atoms with Crippen LogP contribution in [0.3, 0.4) is 0 Å². The Balaban J connectivity index is 0.000000316. The van der Waals surface area contributed by atoms with Crippen molar-refractivity contribution >= 4 is 39.3 Å². The van der Waals surface area contributed by atoms with Gasteiger partial charge in [-0.2, -0.15) is 0 Å². The molecule has 3 aromatic carbocycles. The van der Waals surface area contributed by atoms with Crippen molar-refractivity contribution in [3.8, 4) is 0 Å². The fraction of sp³-hybridized carbons (Fsp3) is 0.344. The van der Waals surface area contributed by atoms with E-state index in [0.717, 1.165) is 16.7 Å². The number of hydrogen-bond acceptors (Lipinski definition) is 7. The van der Waals surface area contributed by atoms with Gasteiger partial charge in [0.1, 0.15) is 13.2 Å². The number of anilines is 1. The first-order valence-electron chi connectivity index (χ1n) is 13.1. The average Bonchev–Trinajstić information content (AvgIpc) is 2.97. The summed E-state index contributed by atoms with van der Waals surface area (Å²) in [5.41, 5.74) is 9.51. The fourth-order valence-electron chi connectivity index (χ4n) is 4.25. The minimum Gasteiger partial charge on any atom is -0.462 e. The highest BCUT2D eigenvalue weighted by Crippen LogP contribution is 2.27. The standard InChI is InChI=1S/C18H25BrN2O4.C13H10O.CH4/c1-12(22)24-7-8-25-18(23)13-9-14(17(20)16(19)10-13)11-21-15-5-3-2-4-6-15;14-13(11-7-3-1-4-8-11)12-9-5-2-6-10-12;/h9-10,15,21H,2-8,11,20H2,1H3;1-10H;1H4. The second-order valence-corrected chi connectivity index (χ2v) is 10.1. The van der Waals surface area contributed by atoms with Gasteiger partial charge in [-0.1, -0.05) is 87.4 Å². The smallest absolute Gasteiger partial charge is 0.338 e. The lowest BCUT2D eigenvalue weighted by atomic mass is 9.95. The zero-order chi connectivity index (χ0) is 28.0. The van der Waals surface area contributed by atoms with Crippen molar-refractivity contribution in [3.05, 3.63) is 99.5 Å². The number of halogens is 1. The van der Waals surface area contributed by atoms with Crippen molar-refractivity contribution in [2.45, 2.75) is 59.0 Å². The Morgan fingerprint density at radius 3 is 1.95 bits per heavy atom. The molecule has 3 N–H and O–H groups in total. The number of ketones is 1. The molecule has 40 heavy (non-hydrogen) atoms. The molecule has 8 heteroatoms. The molecule has 0 amide bonds. The van der Waals surface area contributed by atoms with Gasteiger partial charge in [0, 0.05) is 35.1 Å². The van der Waals surface area contributed by atoms with Gasteiger partial charge in [0.2, 0.25) is 0 Å². The molecule has 3 aromatic rings. The molecule has 0 spiro atoms.